The number of amides is 2. The average Bonchev–Trinajstić information content (AvgIpc) is 3.31. The number of nitrogens with zero attached hydrogens (tertiary/aromatic N) is 5. The molecule has 2 unspecified atom stereocenters. The van der Waals surface area contributed by atoms with E-state index in [2.05, 4.69) is 14.4 Å². The zero-order valence-corrected chi connectivity index (χ0v) is 15.9. The van der Waals surface area contributed by atoms with Gasteiger partial charge in [-0.1, -0.05) is 6.92 Å². The van der Waals surface area contributed by atoms with Crippen molar-refractivity contribution >= 4 is 21.5 Å². The Hall–Kier alpha value is -2.53. The first-order valence-electron chi connectivity index (χ1n) is 8.46. The van der Waals surface area contributed by atoms with Gasteiger partial charge in [0.1, 0.15) is 6.26 Å². The van der Waals surface area contributed by atoms with E-state index in [1.807, 2.05) is 6.92 Å². The van der Waals surface area contributed by atoms with E-state index in [0.29, 0.717) is 30.1 Å². The molecule has 146 valence electrons. The van der Waals surface area contributed by atoms with Gasteiger partial charge >= 0.3 is 5.91 Å². The molecule has 2 aromatic rings. The van der Waals surface area contributed by atoms with Crippen molar-refractivity contribution in [1.82, 2.24) is 19.7 Å². The number of rotatable bonds is 5. The number of aliphatic hydroxyl groups is 1. The van der Waals surface area contributed by atoms with Crippen molar-refractivity contribution in [2.75, 3.05) is 19.4 Å². The smallest absolute Gasteiger partial charge is 0.307 e. The zero-order valence-electron chi connectivity index (χ0n) is 15.1. The van der Waals surface area contributed by atoms with Crippen molar-refractivity contribution in [3.05, 3.63) is 30.2 Å². The lowest BCUT2D eigenvalue weighted by Gasteiger charge is -2.30. The average molecular weight is 395 g/mol. The third kappa shape index (κ3) is 3.78. The van der Waals surface area contributed by atoms with Crippen molar-refractivity contribution in [2.45, 2.75) is 31.3 Å². The highest BCUT2D eigenvalue weighted by Gasteiger charge is 2.30. The van der Waals surface area contributed by atoms with Gasteiger partial charge in [-0.2, -0.15) is 9.46 Å². The summed E-state index contributed by atoms with van der Waals surface area (Å²) in [6.45, 7) is 2.71. The van der Waals surface area contributed by atoms with Crippen LogP contribution in [0.25, 0.3) is 0 Å². The van der Waals surface area contributed by atoms with Crippen molar-refractivity contribution in [3.63, 3.8) is 0 Å². The summed E-state index contributed by atoms with van der Waals surface area (Å²) in [4.78, 5) is 30.3. The largest absolute Gasteiger partial charge is 0.451 e. The minimum absolute atomic E-state index is 0.0313. The molecule has 0 aromatic carbocycles. The fraction of sp³-hybridized carbons (Fsp3) is 0.500. The summed E-state index contributed by atoms with van der Waals surface area (Å²) >= 11 is 0. The number of aromatic nitrogens is 3. The van der Waals surface area contributed by atoms with Crippen LogP contribution in [-0.2, 0) is 27.6 Å². The number of hydrogen-bond donors (Lipinski definition) is 1. The maximum atomic E-state index is 13.1. The first kappa shape index (κ1) is 19.2. The first-order chi connectivity index (χ1) is 12.9. The van der Waals surface area contributed by atoms with E-state index < -0.39 is 21.6 Å². The van der Waals surface area contributed by atoms with Crippen molar-refractivity contribution in [1.29, 1.82) is 0 Å². The Morgan fingerprint density at radius 2 is 2.22 bits per heavy atom. The quantitative estimate of drug-likeness (QED) is 0.781. The molecule has 0 saturated heterocycles. The van der Waals surface area contributed by atoms with Crippen LogP contribution in [0.2, 0.25) is 0 Å². The summed E-state index contributed by atoms with van der Waals surface area (Å²) < 4.78 is 23.3. The lowest BCUT2D eigenvalue weighted by molar-refractivity contribution is -0.138. The van der Waals surface area contributed by atoms with Crippen LogP contribution in [0.15, 0.2) is 32.5 Å². The lowest BCUT2D eigenvalue weighted by atomic mass is 10.1. The predicted octanol–water partition coefficient (Wildman–Crippen LogP) is 0.529. The first-order valence-corrected chi connectivity index (χ1v) is 10.4. The monoisotopic (exact) mass is 395 g/mol. The Morgan fingerprint density at radius 3 is 2.85 bits per heavy atom. The van der Waals surface area contributed by atoms with Gasteiger partial charge in [0.2, 0.25) is 5.91 Å². The highest BCUT2D eigenvalue weighted by atomic mass is 32.2. The summed E-state index contributed by atoms with van der Waals surface area (Å²) in [5, 5.41) is 13.6. The van der Waals surface area contributed by atoms with Crippen LogP contribution in [0.4, 0.5) is 0 Å². The molecule has 3 heterocycles. The summed E-state index contributed by atoms with van der Waals surface area (Å²) in [5.41, 5.74) is 0.544. The molecule has 2 aromatic heterocycles. The number of hydrogen-bond acceptors (Lipinski definition) is 7. The Balaban J connectivity index is 1.90. The Bertz CT molecular complexity index is 954. The van der Waals surface area contributed by atoms with E-state index in [4.69, 9.17) is 4.42 Å². The van der Waals surface area contributed by atoms with Gasteiger partial charge < -0.3 is 14.4 Å². The van der Waals surface area contributed by atoms with Crippen LogP contribution >= 0.6 is 0 Å². The van der Waals surface area contributed by atoms with Crippen molar-refractivity contribution < 1.29 is 23.3 Å². The second kappa shape index (κ2) is 7.61. The standard InChI is InChI=1S/C16H21N5O5S/c1-3-11(8-22)16(24)20-4-5-21-13(7-20)14(6-18-21)27(2,25)19-15(23)12-9-26-10-17-12/h6,9-11,22H,3-5,7-8H2,1-2H3. The molecular formula is C16H21N5O5S. The van der Waals surface area contributed by atoms with Crippen LogP contribution < -0.4 is 0 Å². The second-order valence-electron chi connectivity index (χ2n) is 6.30. The molecule has 3 rings (SSSR count). The Kier molecular flexibility index (Phi) is 5.42. The lowest BCUT2D eigenvalue weighted by Crippen LogP contribution is -2.42. The topological polar surface area (TPSA) is 131 Å². The molecular weight excluding hydrogens is 374 g/mol. The molecule has 0 spiro atoms. The number of aliphatic hydroxyl groups excluding tert-OH is 1. The van der Waals surface area contributed by atoms with E-state index in [1.165, 1.54) is 12.5 Å². The molecule has 0 fully saturated rings. The molecule has 0 radical (unpaired) electrons. The highest BCUT2D eigenvalue weighted by Crippen LogP contribution is 2.24. The Labute approximate surface area is 156 Å². The molecule has 10 nitrogen and oxygen atoms in total. The predicted molar refractivity (Wildman–Crippen MR) is 94.1 cm³/mol. The maximum absolute atomic E-state index is 13.1. The van der Waals surface area contributed by atoms with Gasteiger partial charge in [0.25, 0.3) is 0 Å². The van der Waals surface area contributed by atoms with Crippen LogP contribution in [0.1, 0.15) is 29.5 Å². The SMILES string of the molecule is CCC(CO)C(=O)N1CCn2ncc(S(C)(=O)=NC(=O)c3cocn3)c2C1. The number of oxazole rings is 1. The summed E-state index contributed by atoms with van der Waals surface area (Å²) in [5.74, 6) is -1.37. The fourth-order valence-electron chi connectivity index (χ4n) is 2.94. The van der Waals surface area contributed by atoms with Gasteiger partial charge in [-0.05, 0) is 6.42 Å². The van der Waals surface area contributed by atoms with E-state index >= 15 is 0 Å². The van der Waals surface area contributed by atoms with Crippen LogP contribution in [-0.4, -0.2) is 60.2 Å². The van der Waals surface area contributed by atoms with E-state index in [9.17, 15) is 18.9 Å². The molecule has 0 saturated carbocycles. The molecule has 1 aliphatic heterocycles. The number of carbonyl (C=O) groups is 2. The summed E-state index contributed by atoms with van der Waals surface area (Å²) in [7, 11) is -3.09. The van der Waals surface area contributed by atoms with Crippen LogP contribution in [0, 0.1) is 5.92 Å². The maximum Gasteiger partial charge on any atom is 0.307 e. The van der Waals surface area contributed by atoms with Gasteiger partial charge in [-0.25, -0.2) is 9.19 Å². The van der Waals surface area contributed by atoms with Crippen molar-refractivity contribution in [2.24, 2.45) is 10.3 Å². The number of fused-ring (bicyclic) bond motifs is 1. The molecule has 2 amide bonds. The van der Waals surface area contributed by atoms with Gasteiger partial charge in [-0.15, -0.1) is 0 Å². The molecule has 1 aliphatic rings. The molecule has 0 bridgehead atoms. The van der Waals surface area contributed by atoms with Crippen molar-refractivity contribution in [3.8, 4) is 0 Å². The summed E-state index contributed by atoms with van der Waals surface area (Å²) in [6, 6.07) is 0. The van der Waals surface area contributed by atoms with Gasteiger partial charge in [0.05, 0.1) is 52.1 Å². The second-order valence-corrected chi connectivity index (χ2v) is 8.53. The third-order valence-electron chi connectivity index (χ3n) is 4.52. The van der Waals surface area contributed by atoms with Gasteiger partial charge in [0.15, 0.2) is 12.1 Å². The minimum atomic E-state index is -3.09. The number of carbonyl (C=O) groups excluding carboxylic acids is 2. The zero-order chi connectivity index (χ0) is 19.6. The molecule has 27 heavy (non-hydrogen) atoms. The Morgan fingerprint density at radius 1 is 1.44 bits per heavy atom. The molecule has 1 N–H and O–H groups in total. The normalized spacial score (nSPS) is 17.1. The molecule has 0 aliphatic carbocycles. The van der Waals surface area contributed by atoms with E-state index in [1.54, 1.807) is 9.58 Å². The minimum Gasteiger partial charge on any atom is -0.451 e. The highest BCUT2D eigenvalue weighted by molar-refractivity contribution is 7.93. The van der Waals surface area contributed by atoms with Crippen LogP contribution in [0.5, 0.6) is 0 Å². The van der Waals surface area contributed by atoms with E-state index in [-0.39, 0.29) is 24.8 Å². The molecule has 2 atom stereocenters. The fourth-order valence-corrected chi connectivity index (χ4v) is 4.30. The third-order valence-corrected chi connectivity index (χ3v) is 6.19. The van der Waals surface area contributed by atoms with Gasteiger partial charge in [-0.3, -0.25) is 14.3 Å². The van der Waals surface area contributed by atoms with Crippen LogP contribution in [0.3, 0.4) is 0 Å². The summed E-state index contributed by atoms with van der Waals surface area (Å²) in [6.07, 6.45) is 5.54. The van der Waals surface area contributed by atoms with Gasteiger partial charge in [0, 0.05) is 12.8 Å². The van der Waals surface area contributed by atoms with E-state index in [0.717, 1.165) is 12.7 Å². The molecule has 11 heteroatoms.